The van der Waals surface area contributed by atoms with Crippen LogP contribution in [0.4, 0.5) is 0 Å². The molecule has 0 atom stereocenters. The third kappa shape index (κ3) is 2.84. The molecule has 1 aromatic heterocycles. The molecule has 0 aromatic carbocycles. The second-order valence-electron chi connectivity index (χ2n) is 4.06. The lowest BCUT2D eigenvalue weighted by molar-refractivity contribution is 0.483. The summed E-state index contributed by atoms with van der Waals surface area (Å²) in [5.41, 5.74) is 0. The molecule has 0 saturated heterocycles. The Kier molecular flexibility index (Phi) is 3.57. The highest BCUT2D eigenvalue weighted by atomic mass is 15.3. The van der Waals surface area contributed by atoms with Crippen LogP contribution in [0.3, 0.4) is 0 Å². The molecule has 1 aliphatic rings. The van der Waals surface area contributed by atoms with Crippen molar-refractivity contribution < 1.29 is 0 Å². The van der Waals surface area contributed by atoms with Gasteiger partial charge in [-0.3, -0.25) is 4.68 Å². The molecule has 0 spiro atoms. The Balaban J connectivity index is 1.55. The van der Waals surface area contributed by atoms with Gasteiger partial charge in [-0.2, -0.15) is 5.10 Å². The minimum absolute atomic E-state index is 0.799. The highest BCUT2D eigenvalue weighted by Crippen LogP contribution is 2.17. The van der Waals surface area contributed by atoms with Gasteiger partial charge in [0.05, 0.1) is 0 Å². The maximum Gasteiger partial charge on any atom is 0.0489 e. The molecule has 14 heavy (non-hydrogen) atoms. The molecule has 3 nitrogen and oxygen atoms in total. The quantitative estimate of drug-likeness (QED) is 0.723. The first-order chi connectivity index (χ1) is 6.95. The SMILES string of the molecule is c1cnn(CCCNC2CCCC2)c1. The minimum Gasteiger partial charge on any atom is -0.314 e. The van der Waals surface area contributed by atoms with E-state index in [4.69, 9.17) is 0 Å². The molecule has 0 radical (unpaired) electrons. The summed E-state index contributed by atoms with van der Waals surface area (Å²) in [4.78, 5) is 0. The van der Waals surface area contributed by atoms with Gasteiger partial charge in [0.1, 0.15) is 0 Å². The van der Waals surface area contributed by atoms with Crippen molar-refractivity contribution in [2.24, 2.45) is 0 Å². The van der Waals surface area contributed by atoms with Gasteiger partial charge in [-0.1, -0.05) is 12.8 Å². The number of hydrogen-bond acceptors (Lipinski definition) is 2. The highest BCUT2D eigenvalue weighted by Gasteiger charge is 2.12. The third-order valence-electron chi connectivity index (χ3n) is 2.91. The van der Waals surface area contributed by atoms with Gasteiger partial charge in [0.25, 0.3) is 0 Å². The smallest absolute Gasteiger partial charge is 0.0489 e. The first-order valence-electron chi connectivity index (χ1n) is 5.66. The Morgan fingerprint density at radius 2 is 2.21 bits per heavy atom. The van der Waals surface area contributed by atoms with Gasteiger partial charge < -0.3 is 5.32 Å². The number of nitrogens with one attached hydrogen (secondary N) is 1. The molecule has 1 heterocycles. The second-order valence-corrected chi connectivity index (χ2v) is 4.06. The molecule has 0 aliphatic heterocycles. The molecule has 3 heteroatoms. The van der Waals surface area contributed by atoms with E-state index < -0.39 is 0 Å². The predicted molar refractivity (Wildman–Crippen MR) is 57.1 cm³/mol. The molecule has 1 aromatic rings. The molecule has 1 N–H and O–H groups in total. The van der Waals surface area contributed by atoms with Crippen LogP contribution < -0.4 is 5.32 Å². The summed E-state index contributed by atoms with van der Waals surface area (Å²) in [6, 6.07) is 2.78. The van der Waals surface area contributed by atoms with Gasteiger partial charge in [-0.05, 0) is 31.9 Å². The van der Waals surface area contributed by atoms with Crippen molar-refractivity contribution in [3.63, 3.8) is 0 Å². The van der Waals surface area contributed by atoms with Crippen molar-refractivity contribution in [2.75, 3.05) is 6.54 Å². The fourth-order valence-corrected chi connectivity index (χ4v) is 2.11. The normalized spacial score (nSPS) is 17.7. The van der Waals surface area contributed by atoms with Crippen LogP contribution in [0.5, 0.6) is 0 Å². The van der Waals surface area contributed by atoms with Crippen LogP contribution in [0.1, 0.15) is 32.1 Å². The van der Waals surface area contributed by atoms with Crippen LogP contribution >= 0.6 is 0 Å². The van der Waals surface area contributed by atoms with Crippen molar-refractivity contribution in [1.82, 2.24) is 15.1 Å². The maximum atomic E-state index is 4.17. The lowest BCUT2D eigenvalue weighted by Crippen LogP contribution is -2.27. The predicted octanol–water partition coefficient (Wildman–Crippen LogP) is 1.81. The van der Waals surface area contributed by atoms with Crippen molar-refractivity contribution in [3.8, 4) is 0 Å². The summed E-state index contributed by atoms with van der Waals surface area (Å²) in [5.74, 6) is 0. The number of nitrogens with zero attached hydrogens (tertiary/aromatic N) is 2. The molecule has 0 bridgehead atoms. The Morgan fingerprint density at radius 3 is 2.93 bits per heavy atom. The third-order valence-corrected chi connectivity index (χ3v) is 2.91. The molecule has 1 fully saturated rings. The average Bonchev–Trinajstić information content (AvgIpc) is 2.86. The first-order valence-corrected chi connectivity index (χ1v) is 5.66. The largest absolute Gasteiger partial charge is 0.314 e. The summed E-state index contributed by atoms with van der Waals surface area (Å²) in [7, 11) is 0. The molecule has 0 amide bonds. The van der Waals surface area contributed by atoms with Crippen molar-refractivity contribution in [2.45, 2.75) is 44.7 Å². The van der Waals surface area contributed by atoms with E-state index in [-0.39, 0.29) is 0 Å². The maximum absolute atomic E-state index is 4.17. The lowest BCUT2D eigenvalue weighted by Gasteiger charge is -2.11. The fraction of sp³-hybridized carbons (Fsp3) is 0.727. The van der Waals surface area contributed by atoms with Crippen LogP contribution in [-0.2, 0) is 6.54 Å². The minimum atomic E-state index is 0.799. The molecule has 78 valence electrons. The number of aromatic nitrogens is 2. The average molecular weight is 193 g/mol. The second kappa shape index (κ2) is 5.15. The first kappa shape index (κ1) is 9.71. The fourth-order valence-electron chi connectivity index (χ4n) is 2.11. The number of hydrogen-bond donors (Lipinski definition) is 1. The monoisotopic (exact) mass is 193 g/mol. The molecule has 1 aliphatic carbocycles. The van der Waals surface area contributed by atoms with Crippen molar-refractivity contribution >= 4 is 0 Å². The topological polar surface area (TPSA) is 29.9 Å². The Labute approximate surface area is 85.5 Å². The van der Waals surface area contributed by atoms with Crippen molar-refractivity contribution in [3.05, 3.63) is 18.5 Å². The molecule has 1 saturated carbocycles. The lowest BCUT2D eigenvalue weighted by atomic mass is 10.2. The van der Waals surface area contributed by atoms with Crippen LogP contribution in [0.2, 0.25) is 0 Å². The van der Waals surface area contributed by atoms with E-state index in [1.165, 1.54) is 32.1 Å². The van der Waals surface area contributed by atoms with Gasteiger partial charge in [-0.25, -0.2) is 0 Å². The molecule has 0 unspecified atom stereocenters. The van der Waals surface area contributed by atoms with Crippen LogP contribution in [0, 0.1) is 0 Å². The summed E-state index contributed by atoms with van der Waals surface area (Å²) < 4.78 is 2.00. The van der Waals surface area contributed by atoms with Gasteiger partial charge in [-0.15, -0.1) is 0 Å². The molecular weight excluding hydrogens is 174 g/mol. The van der Waals surface area contributed by atoms with Gasteiger partial charge in [0.15, 0.2) is 0 Å². The molecule has 2 rings (SSSR count). The molecular formula is C11H19N3. The van der Waals surface area contributed by atoms with E-state index in [0.29, 0.717) is 0 Å². The van der Waals surface area contributed by atoms with Gasteiger partial charge in [0.2, 0.25) is 0 Å². The van der Waals surface area contributed by atoms with Crippen LogP contribution in [-0.4, -0.2) is 22.4 Å². The van der Waals surface area contributed by atoms with E-state index >= 15 is 0 Å². The van der Waals surface area contributed by atoms with E-state index in [1.807, 2.05) is 23.1 Å². The van der Waals surface area contributed by atoms with Gasteiger partial charge in [0, 0.05) is 25.0 Å². The standard InChI is InChI=1S/C11H19N3/c1-2-6-11(5-1)12-7-3-9-14-10-4-8-13-14/h4,8,10-12H,1-3,5-7,9H2. The Morgan fingerprint density at radius 1 is 1.36 bits per heavy atom. The van der Waals surface area contributed by atoms with E-state index in [9.17, 15) is 0 Å². The van der Waals surface area contributed by atoms with Crippen molar-refractivity contribution in [1.29, 1.82) is 0 Å². The summed E-state index contributed by atoms with van der Waals surface area (Å²) in [6.45, 7) is 2.16. The van der Waals surface area contributed by atoms with E-state index in [2.05, 4.69) is 10.4 Å². The highest BCUT2D eigenvalue weighted by molar-refractivity contribution is 4.78. The van der Waals surface area contributed by atoms with E-state index in [0.717, 1.165) is 19.1 Å². The summed E-state index contributed by atoms with van der Waals surface area (Å²) in [5, 5.41) is 7.78. The zero-order valence-corrected chi connectivity index (χ0v) is 8.65. The number of rotatable bonds is 5. The van der Waals surface area contributed by atoms with Crippen LogP contribution in [0.25, 0.3) is 0 Å². The van der Waals surface area contributed by atoms with Crippen LogP contribution in [0.15, 0.2) is 18.5 Å². The van der Waals surface area contributed by atoms with Gasteiger partial charge >= 0.3 is 0 Å². The Hall–Kier alpha value is -0.830. The summed E-state index contributed by atoms with van der Waals surface area (Å²) >= 11 is 0. The zero-order valence-electron chi connectivity index (χ0n) is 8.65. The van der Waals surface area contributed by atoms with E-state index in [1.54, 1.807) is 0 Å². The summed E-state index contributed by atoms with van der Waals surface area (Å²) in [6.07, 6.45) is 10.6. The zero-order chi connectivity index (χ0) is 9.64. The Bertz CT molecular complexity index is 237. The number of aryl methyl sites for hydroxylation is 1.